The predicted octanol–water partition coefficient (Wildman–Crippen LogP) is 3.50. The molecule has 0 spiro atoms. The van der Waals surface area contributed by atoms with E-state index in [1.165, 1.54) is 0 Å². The van der Waals surface area contributed by atoms with Crippen molar-refractivity contribution in [1.82, 2.24) is 5.32 Å². The SMILES string of the molecule is COc1ccc2c(c1)OC(C)(C)C[C@@H]2NC(=O)CN(c1cc(C)cc(C)c1)S(C)(=O)=O. The molecule has 2 aromatic rings. The van der Waals surface area contributed by atoms with Gasteiger partial charge < -0.3 is 14.8 Å². The fourth-order valence-electron chi connectivity index (χ4n) is 3.95. The molecule has 0 aliphatic carbocycles. The number of nitrogens with one attached hydrogen (secondary N) is 1. The number of benzene rings is 2. The van der Waals surface area contributed by atoms with E-state index in [0.29, 0.717) is 23.6 Å². The zero-order chi connectivity index (χ0) is 23.0. The lowest BCUT2D eigenvalue weighted by Crippen LogP contribution is -2.45. The molecule has 8 heteroatoms. The van der Waals surface area contributed by atoms with Crippen LogP contribution in [0.25, 0.3) is 0 Å². The Bertz CT molecular complexity index is 1070. The number of carbonyl (C=O) groups excluding carboxylic acids is 1. The minimum atomic E-state index is -3.65. The molecule has 1 amide bonds. The van der Waals surface area contributed by atoms with Crippen molar-refractivity contribution in [3.63, 3.8) is 0 Å². The molecular formula is C23H30N2O5S. The number of sulfonamides is 1. The molecule has 0 aromatic heterocycles. The average Bonchev–Trinajstić information content (AvgIpc) is 2.62. The summed E-state index contributed by atoms with van der Waals surface area (Å²) < 4.78 is 37.4. The molecule has 2 aromatic carbocycles. The van der Waals surface area contributed by atoms with E-state index in [4.69, 9.17) is 9.47 Å². The Morgan fingerprint density at radius 3 is 2.42 bits per heavy atom. The average molecular weight is 447 g/mol. The molecule has 1 heterocycles. The number of methoxy groups -OCH3 is 1. The molecule has 1 N–H and O–H groups in total. The summed E-state index contributed by atoms with van der Waals surface area (Å²) in [5.41, 5.74) is 2.68. The molecule has 1 aliphatic rings. The number of aryl methyl sites for hydroxylation is 2. The van der Waals surface area contributed by atoms with E-state index in [1.807, 2.05) is 45.9 Å². The predicted molar refractivity (Wildman–Crippen MR) is 121 cm³/mol. The minimum Gasteiger partial charge on any atom is -0.497 e. The third kappa shape index (κ3) is 5.50. The number of nitrogens with zero attached hydrogens (tertiary/aromatic N) is 1. The van der Waals surface area contributed by atoms with Crippen LogP contribution in [0.2, 0.25) is 0 Å². The standard InChI is InChI=1S/C23H30N2O5S/c1-15-9-16(2)11-17(10-15)25(31(6,27)28)14-22(26)24-20-13-23(3,4)30-21-12-18(29-5)7-8-19(20)21/h7-12,20H,13-14H2,1-6H3,(H,24,26)/t20-/m0/s1. The first-order chi connectivity index (χ1) is 14.4. The summed E-state index contributed by atoms with van der Waals surface area (Å²) in [6, 6.07) is 10.7. The van der Waals surface area contributed by atoms with Crippen molar-refractivity contribution in [1.29, 1.82) is 0 Å². The lowest BCUT2D eigenvalue weighted by molar-refractivity contribution is -0.120. The highest BCUT2D eigenvalue weighted by atomic mass is 32.2. The van der Waals surface area contributed by atoms with E-state index in [2.05, 4.69) is 5.32 Å². The van der Waals surface area contributed by atoms with Gasteiger partial charge in [0.1, 0.15) is 23.6 Å². The third-order valence-corrected chi connectivity index (χ3v) is 6.34. The summed E-state index contributed by atoms with van der Waals surface area (Å²) in [4.78, 5) is 13.0. The highest BCUT2D eigenvalue weighted by molar-refractivity contribution is 7.92. The fourth-order valence-corrected chi connectivity index (χ4v) is 4.79. The number of anilines is 1. The van der Waals surface area contributed by atoms with Gasteiger partial charge >= 0.3 is 0 Å². The van der Waals surface area contributed by atoms with E-state index in [0.717, 1.165) is 27.3 Å². The van der Waals surface area contributed by atoms with Crippen molar-refractivity contribution in [2.24, 2.45) is 0 Å². The van der Waals surface area contributed by atoms with Gasteiger partial charge in [0, 0.05) is 18.1 Å². The number of rotatable bonds is 6. The van der Waals surface area contributed by atoms with Crippen molar-refractivity contribution in [2.45, 2.75) is 45.8 Å². The van der Waals surface area contributed by atoms with Gasteiger partial charge in [0.15, 0.2) is 0 Å². The number of hydrogen-bond acceptors (Lipinski definition) is 5. The molecule has 0 radical (unpaired) electrons. The Morgan fingerprint density at radius 1 is 1.19 bits per heavy atom. The van der Waals surface area contributed by atoms with Crippen LogP contribution in [0.1, 0.15) is 43.0 Å². The highest BCUT2D eigenvalue weighted by Crippen LogP contribution is 2.41. The lowest BCUT2D eigenvalue weighted by atomic mass is 9.89. The van der Waals surface area contributed by atoms with Crippen LogP contribution in [-0.2, 0) is 14.8 Å². The molecule has 31 heavy (non-hydrogen) atoms. The zero-order valence-corrected chi connectivity index (χ0v) is 19.7. The Labute approximate surface area is 184 Å². The van der Waals surface area contributed by atoms with Crippen molar-refractivity contribution in [2.75, 3.05) is 24.2 Å². The Hall–Kier alpha value is -2.74. The van der Waals surface area contributed by atoms with E-state index in [9.17, 15) is 13.2 Å². The van der Waals surface area contributed by atoms with Crippen LogP contribution in [0.4, 0.5) is 5.69 Å². The maximum absolute atomic E-state index is 13.0. The van der Waals surface area contributed by atoms with Gasteiger partial charge in [-0.1, -0.05) is 6.07 Å². The van der Waals surface area contributed by atoms with E-state index in [1.54, 1.807) is 25.3 Å². The maximum atomic E-state index is 13.0. The lowest BCUT2D eigenvalue weighted by Gasteiger charge is -2.38. The van der Waals surface area contributed by atoms with E-state index < -0.39 is 15.6 Å². The fraction of sp³-hybridized carbons (Fsp3) is 0.435. The van der Waals surface area contributed by atoms with Crippen LogP contribution in [0.15, 0.2) is 36.4 Å². The maximum Gasteiger partial charge on any atom is 0.241 e. The summed E-state index contributed by atoms with van der Waals surface area (Å²) in [5.74, 6) is 0.934. The van der Waals surface area contributed by atoms with Crippen LogP contribution in [0.3, 0.4) is 0 Å². The molecule has 0 fully saturated rings. The number of hydrogen-bond donors (Lipinski definition) is 1. The summed E-state index contributed by atoms with van der Waals surface area (Å²) in [7, 11) is -2.06. The third-order valence-electron chi connectivity index (χ3n) is 5.20. The number of ether oxygens (including phenoxy) is 2. The van der Waals surface area contributed by atoms with Crippen LogP contribution in [0, 0.1) is 13.8 Å². The quantitative estimate of drug-likeness (QED) is 0.734. The summed E-state index contributed by atoms with van der Waals surface area (Å²) in [5, 5.41) is 3.00. The van der Waals surface area contributed by atoms with Crippen molar-refractivity contribution >= 4 is 21.6 Å². The second kappa shape index (κ2) is 8.42. The first-order valence-corrected chi connectivity index (χ1v) is 11.9. The Morgan fingerprint density at radius 2 is 1.84 bits per heavy atom. The molecule has 1 atom stereocenters. The van der Waals surface area contributed by atoms with Crippen LogP contribution in [-0.4, -0.2) is 39.8 Å². The number of amides is 1. The zero-order valence-electron chi connectivity index (χ0n) is 18.9. The molecule has 168 valence electrons. The van der Waals surface area contributed by atoms with Crippen molar-refractivity contribution in [3.8, 4) is 11.5 Å². The monoisotopic (exact) mass is 446 g/mol. The topological polar surface area (TPSA) is 84.9 Å². The minimum absolute atomic E-state index is 0.301. The number of carbonyl (C=O) groups is 1. The Kier molecular flexibility index (Phi) is 6.23. The van der Waals surface area contributed by atoms with Gasteiger partial charge in [0.05, 0.1) is 25.1 Å². The molecule has 0 unspecified atom stereocenters. The van der Waals surface area contributed by atoms with Crippen LogP contribution < -0.4 is 19.1 Å². The van der Waals surface area contributed by atoms with Gasteiger partial charge in [0.25, 0.3) is 0 Å². The van der Waals surface area contributed by atoms with Gasteiger partial charge in [-0.15, -0.1) is 0 Å². The van der Waals surface area contributed by atoms with Crippen molar-refractivity contribution < 1.29 is 22.7 Å². The van der Waals surface area contributed by atoms with Crippen molar-refractivity contribution in [3.05, 3.63) is 53.1 Å². The van der Waals surface area contributed by atoms with Gasteiger partial charge in [-0.25, -0.2) is 8.42 Å². The molecular weight excluding hydrogens is 416 g/mol. The molecule has 0 bridgehead atoms. The van der Waals surface area contributed by atoms with Crippen LogP contribution in [0.5, 0.6) is 11.5 Å². The summed E-state index contributed by atoms with van der Waals surface area (Å²) in [6.07, 6.45) is 1.66. The van der Waals surface area contributed by atoms with Gasteiger partial charge in [-0.2, -0.15) is 0 Å². The largest absolute Gasteiger partial charge is 0.497 e. The summed E-state index contributed by atoms with van der Waals surface area (Å²) >= 11 is 0. The first-order valence-electron chi connectivity index (χ1n) is 10.1. The smallest absolute Gasteiger partial charge is 0.241 e. The number of fused-ring (bicyclic) bond motifs is 1. The molecule has 3 rings (SSSR count). The Balaban J connectivity index is 1.86. The normalized spacial score (nSPS) is 17.3. The molecule has 7 nitrogen and oxygen atoms in total. The van der Waals surface area contributed by atoms with E-state index in [-0.39, 0.29) is 18.5 Å². The van der Waals surface area contributed by atoms with Crippen LogP contribution >= 0.6 is 0 Å². The second-order valence-electron chi connectivity index (χ2n) is 8.71. The van der Waals surface area contributed by atoms with E-state index >= 15 is 0 Å². The first kappa shape index (κ1) is 22.9. The molecule has 0 saturated heterocycles. The highest BCUT2D eigenvalue weighted by Gasteiger charge is 2.35. The molecule has 0 saturated carbocycles. The summed E-state index contributed by atoms with van der Waals surface area (Å²) in [6.45, 7) is 7.39. The van der Waals surface area contributed by atoms with Gasteiger partial charge in [-0.3, -0.25) is 9.10 Å². The van der Waals surface area contributed by atoms with Gasteiger partial charge in [-0.05, 0) is 63.1 Å². The molecule has 1 aliphatic heterocycles. The van der Waals surface area contributed by atoms with Gasteiger partial charge in [0.2, 0.25) is 15.9 Å². The second-order valence-corrected chi connectivity index (χ2v) is 10.6.